The van der Waals surface area contributed by atoms with Gasteiger partial charge in [-0.15, -0.1) is 0 Å². The summed E-state index contributed by atoms with van der Waals surface area (Å²) in [7, 11) is 0. The third-order valence-corrected chi connectivity index (χ3v) is 0.333. The second-order valence-corrected chi connectivity index (χ2v) is 1.15. The predicted octanol–water partition coefficient (Wildman–Crippen LogP) is -13.4. The van der Waals surface area contributed by atoms with E-state index in [1.165, 1.54) is 0 Å². The first-order chi connectivity index (χ1) is 5.29. The zero-order chi connectivity index (χ0) is 10.3. The van der Waals surface area contributed by atoms with Crippen LogP contribution >= 0.6 is 0 Å². The monoisotopic (exact) mass is 263 g/mol. The van der Waals surface area contributed by atoms with Crippen LogP contribution in [0.3, 0.4) is 0 Å². The fourth-order valence-corrected chi connectivity index (χ4v) is 0. The fraction of sp³-hybridized carbons (Fsp3) is 0. The molecular formula is C4BeK2O8. The van der Waals surface area contributed by atoms with Gasteiger partial charge in [-0.25, -0.2) is 0 Å². The topological polar surface area (TPSA) is 161 Å². The molecule has 0 aliphatic rings. The quantitative estimate of drug-likeness (QED) is 0.307. The average molecular weight is 263 g/mol. The van der Waals surface area contributed by atoms with Crippen molar-refractivity contribution in [2.24, 2.45) is 0 Å². The Hall–Kier alpha value is 1.32. The smallest absolute Gasteiger partial charge is 0.543 e. The van der Waals surface area contributed by atoms with Crippen LogP contribution in [0.1, 0.15) is 0 Å². The van der Waals surface area contributed by atoms with Crippen molar-refractivity contribution in [3.8, 4) is 0 Å². The summed E-state index contributed by atoms with van der Waals surface area (Å²) in [5.74, 6) is -8.74. The largest absolute Gasteiger partial charge is 2.00 e. The van der Waals surface area contributed by atoms with E-state index < -0.39 is 23.9 Å². The van der Waals surface area contributed by atoms with Gasteiger partial charge in [-0.05, 0) is 0 Å². The van der Waals surface area contributed by atoms with E-state index in [2.05, 4.69) is 0 Å². The molecule has 0 atom stereocenters. The predicted molar refractivity (Wildman–Crippen MR) is 25.8 cm³/mol. The van der Waals surface area contributed by atoms with Gasteiger partial charge < -0.3 is 39.6 Å². The molecule has 0 rings (SSSR count). The van der Waals surface area contributed by atoms with Crippen LogP contribution in [-0.4, -0.2) is 34.0 Å². The first-order valence-corrected chi connectivity index (χ1v) is 2.13. The Kier molecular flexibility index (Phi) is 35.3. The summed E-state index contributed by atoms with van der Waals surface area (Å²) in [5.41, 5.74) is 0. The molecule has 0 amide bonds. The second-order valence-electron chi connectivity index (χ2n) is 1.15. The molecule has 0 saturated carbocycles. The maximum atomic E-state index is 8.93. The van der Waals surface area contributed by atoms with Gasteiger partial charge in [0, 0.05) is 0 Å². The van der Waals surface area contributed by atoms with Crippen LogP contribution in [-0.2, 0) is 19.2 Å². The van der Waals surface area contributed by atoms with Gasteiger partial charge in [0.15, 0.2) is 0 Å². The number of hydrogen-bond acceptors (Lipinski definition) is 8. The molecule has 0 fully saturated rings. The maximum Gasteiger partial charge on any atom is 2.00 e. The van der Waals surface area contributed by atoms with E-state index in [0.717, 1.165) is 0 Å². The van der Waals surface area contributed by atoms with Gasteiger partial charge >= 0.3 is 113 Å². The van der Waals surface area contributed by atoms with E-state index in [4.69, 9.17) is 39.6 Å². The van der Waals surface area contributed by atoms with E-state index in [1.54, 1.807) is 0 Å². The zero-order valence-electron chi connectivity index (χ0n) is 7.97. The SMILES string of the molecule is O=C([O-])C(=O)[O-].O=C([O-])C(=O)[O-].[Be+2].[K+].[K+]. The Labute approximate surface area is 172 Å². The van der Waals surface area contributed by atoms with Crippen molar-refractivity contribution >= 4 is 34.0 Å². The molecule has 0 bridgehead atoms. The minimum atomic E-state index is -2.19. The first kappa shape index (κ1) is 29.9. The number of carbonyl (C=O) groups is 4. The Balaban J connectivity index is -0.0000000370. The van der Waals surface area contributed by atoms with E-state index in [0.29, 0.717) is 0 Å². The number of aliphatic carboxylic acids is 4. The van der Waals surface area contributed by atoms with Crippen LogP contribution in [0.5, 0.6) is 0 Å². The zero-order valence-corrected chi connectivity index (χ0v) is 14.2. The van der Waals surface area contributed by atoms with Crippen molar-refractivity contribution in [1.29, 1.82) is 0 Å². The van der Waals surface area contributed by atoms with Crippen molar-refractivity contribution in [2.75, 3.05) is 0 Å². The van der Waals surface area contributed by atoms with E-state index in [-0.39, 0.29) is 113 Å². The van der Waals surface area contributed by atoms with Crippen LogP contribution in [0.2, 0.25) is 0 Å². The van der Waals surface area contributed by atoms with Gasteiger partial charge in [0.2, 0.25) is 0 Å². The second kappa shape index (κ2) is 17.7. The molecule has 0 radical (unpaired) electrons. The Morgan fingerprint density at radius 2 is 0.600 bits per heavy atom. The number of rotatable bonds is 0. The summed E-state index contributed by atoms with van der Waals surface area (Å²) < 4.78 is 0. The molecule has 8 nitrogen and oxygen atoms in total. The minimum absolute atomic E-state index is 0. The molecule has 0 aromatic heterocycles. The van der Waals surface area contributed by atoms with Crippen LogP contribution in [0.15, 0.2) is 0 Å². The summed E-state index contributed by atoms with van der Waals surface area (Å²) in [6.45, 7) is 0. The van der Waals surface area contributed by atoms with Gasteiger partial charge in [0.1, 0.15) is 0 Å². The molecule has 15 heavy (non-hydrogen) atoms. The summed E-state index contributed by atoms with van der Waals surface area (Å²) in [6.07, 6.45) is 0. The summed E-state index contributed by atoms with van der Waals surface area (Å²) in [5, 5.41) is 35.7. The van der Waals surface area contributed by atoms with Crippen molar-refractivity contribution in [3.05, 3.63) is 0 Å². The molecule has 0 aliphatic carbocycles. The number of carbonyl (C=O) groups excluding carboxylic acids is 4. The summed E-state index contributed by atoms with van der Waals surface area (Å²) in [6, 6.07) is 0. The van der Waals surface area contributed by atoms with Gasteiger partial charge in [0.25, 0.3) is 0 Å². The van der Waals surface area contributed by atoms with Gasteiger partial charge in [-0.3, -0.25) is 0 Å². The normalized spacial score (nSPS) is 5.87. The Morgan fingerprint density at radius 3 is 0.600 bits per heavy atom. The number of carboxylic acid groups (broad SMARTS) is 4. The Morgan fingerprint density at radius 1 is 0.533 bits per heavy atom. The van der Waals surface area contributed by atoms with E-state index >= 15 is 0 Å². The summed E-state index contributed by atoms with van der Waals surface area (Å²) >= 11 is 0. The third kappa shape index (κ3) is 31.3. The van der Waals surface area contributed by atoms with Crippen molar-refractivity contribution in [3.63, 3.8) is 0 Å². The number of carboxylic acids is 4. The molecule has 11 heteroatoms. The molecule has 0 unspecified atom stereocenters. The summed E-state index contributed by atoms with van der Waals surface area (Å²) in [4.78, 5) is 35.7. The van der Waals surface area contributed by atoms with Crippen LogP contribution in [0.25, 0.3) is 0 Å². The third-order valence-electron chi connectivity index (χ3n) is 0.333. The van der Waals surface area contributed by atoms with Crippen LogP contribution in [0.4, 0.5) is 0 Å². The van der Waals surface area contributed by atoms with Gasteiger partial charge in [-0.2, -0.15) is 0 Å². The number of hydrogen-bond donors (Lipinski definition) is 0. The standard InChI is InChI=1S/2C2H2O4.Be.2K/c2*3-1(4)2(5)6;;;/h2*(H,3,4)(H,5,6);;;/q;;+2;2*+1/p-4. The van der Waals surface area contributed by atoms with Crippen LogP contribution in [0, 0.1) is 0 Å². The van der Waals surface area contributed by atoms with E-state index in [1.807, 2.05) is 0 Å². The minimum Gasteiger partial charge on any atom is -0.543 e. The molecule has 0 heterocycles. The van der Waals surface area contributed by atoms with Crippen LogP contribution < -0.4 is 123 Å². The molecule has 0 N–H and O–H groups in total. The fourth-order valence-electron chi connectivity index (χ4n) is 0. The molecule has 0 saturated heterocycles. The van der Waals surface area contributed by atoms with Gasteiger partial charge in [0.05, 0.1) is 23.9 Å². The molecule has 68 valence electrons. The van der Waals surface area contributed by atoms with Crippen molar-refractivity contribution < 1.29 is 142 Å². The first-order valence-electron chi connectivity index (χ1n) is 2.13. The Bertz CT molecular complexity index is 181. The molecule has 0 spiro atoms. The van der Waals surface area contributed by atoms with E-state index in [9.17, 15) is 0 Å². The molecular weight excluding hydrogens is 263 g/mol. The van der Waals surface area contributed by atoms with Crippen molar-refractivity contribution in [1.82, 2.24) is 0 Å². The van der Waals surface area contributed by atoms with Gasteiger partial charge in [-0.1, -0.05) is 0 Å². The molecule has 0 aliphatic heterocycles. The maximum absolute atomic E-state index is 8.93. The molecule has 0 aromatic carbocycles. The average Bonchev–Trinajstić information content (AvgIpc) is 1.88. The van der Waals surface area contributed by atoms with Crippen molar-refractivity contribution in [2.45, 2.75) is 0 Å². The molecule has 0 aromatic rings.